The molecule has 0 aliphatic carbocycles. The zero-order valence-corrected chi connectivity index (χ0v) is 11.3. The van der Waals surface area contributed by atoms with Gasteiger partial charge in [-0.25, -0.2) is 5.43 Å². The SMILES string of the molecule is CC(C)(O)C(=O)Nn1nc(C(F)(F)F)c(C#N)c1Br. The molecular formula is C9H8BrF3N4O2. The van der Waals surface area contributed by atoms with Crippen LogP contribution < -0.4 is 5.43 Å². The number of nitrogens with zero attached hydrogens (tertiary/aromatic N) is 3. The maximum absolute atomic E-state index is 12.6. The van der Waals surface area contributed by atoms with Crippen LogP contribution in [0.5, 0.6) is 0 Å². The first kappa shape index (κ1) is 15.5. The summed E-state index contributed by atoms with van der Waals surface area (Å²) in [5.74, 6) is -0.978. The first-order chi connectivity index (χ1) is 8.48. The molecule has 104 valence electrons. The molecule has 1 aromatic heterocycles. The number of hydrogen-bond acceptors (Lipinski definition) is 4. The molecule has 0 atom stereocenters. The summed E-state index contributed by atoms with van der Waals surface area (Å²) in [5, 5.41) is 21.1. The minimum Gasteiger partial charge on any atom is -0.381 e. The lowest BCUT2D eigenvalue weighted by molar-refractivity contribution is -0.142. The van der Waals surface area contributed by atoms with Crippen LogP contribution in [0.4, 0.5) is 13.2 Å². The molecular weight excluding hydrogens is 333 g/mol. The summed E-state index contributed by atoms with van der Waals surface area (Å²) in [6.07, 6.45) is -4.84. The second-order valence-electron chi connectivity index (χ2n) is 4.04. The monoisotopic (exact) mass is 340 g/mol. The van der Waals surface area contributed by atoms with E-state index in [1.54, 1.807) is 0 Å². The maximum atomic E-state index is 12.6. The standard InChI is InChI=1S/C9H8BrF3N4O2/c1-8(2,19)7(18)16-17-6(10)4(3-14)5(15-17)9(11,12)13/h19H,1-2H3,(H,16,18). The number of alkyl halides is 3. The van der Waals surface area contributed by atoms with Gasteiger partial charge < -0.3 is 5.11 Å². The molecule has 0 aromatic carbocycles. The Hall–Kier alpha value is -1.60. The number of carbonyl (C=O) groups is 1. The highest BCUT2D eigenvalue weighted by Crippen LogP contribution is 2.33. The fourth-order valence-corrected chi connectivity index (χ4v) is 1.45. The van der Waals surface area contributed by atoms with Gasteiger partial charge in [0.2, 0.25) is 0 Å². The summed E-state index contributed by atoms with van der Waals surface area (Å²) in [7, 11) is 0. The lowest BCUT2D eigenvalue weighted by atomic mass is 10.1. The molecule has 1 rings (SSSR count). The summed E-state index contributed by atoms with van der Waals surface area (Å²) >= 11 is 2.73. The van der Waals surface area contributed by atoms with Gasteiger partial charge in [-0.3, -0.25) is 4.79 Å². The Morgan fingerprint density at radius 1 is 1.53 bits per heavy atom. The predicted molar refractivity (Wildman–Crippen MR) is 60.3 cm³/mol. The number of carbonyl (C=O) groups excluding carboxylic acids is 1. The predicted octanol–water partition coefficient (Wildman–Crippen LogP) is 1.38. The first-order valence-corrected chi connectivity index (χ1v) is 5.57. The Balaban J connectivity index is 3.23. The van der Waals surface area contributed by atoms with Crippen LogP contribution >= 0.6 is 15.9 Å². The van der Waals surface area contributed by atoms with E-state index < -0.39 is 28.9 Å². The molecule has 0 radical (unpaired) electrons. The zero-order valence-electron chi connectivity index (χ0n) is 9.71. The number of halogens is 4. The second kappa shape index (κ2) is 4.82. The van der Waals surface area contributed by atoms with Gasteiger partial charge in [0.05, 0.1) is 0 Å². The van der Waals surface area contributed by atoms with Crippen LogP contribution in [0.2, 0.25) is 0 Å². The van der Waals surface area contributed by atoms with Crippen LogP contribution in [0, 0.1) is 11.3 Å². The lowest BCUT2D eigenvalue weighted by Crippen LogP contribution is -2.41. The van der Waals surface area contributed by atoms with E-state index in [1.165, 1.54) is 6.07 Å². The highest BCUT2D eigenvalue weighted by Gasteiger charge is 2.40. The normalized spacial score (nSPS) is 12.1. The molecule has 0 aliphatic heterocycles. The Bertz CT molecular complexity index is 554. The van der Waals surface area contributed by atoms with Crippen LogP contribution in [-0.2, 0) is 11.0 Å². The van der Waals surface area contributed by atoms with Crippen molar-refractivity contribution in [2.75, 3.05) is 5.43 Å². The second-order valence-corrected chi connectivity index (χ2v) is 4.79. The summed E-state index contributed by atoms with van der Waals surface area (Å²) in [4.78, 5) is 11.9. The summed E-state index contributed by atoms with van der Waals surface area (Å²) in [5.41, 5.74) is -2.07. The molecule has 1 amide bonds. The van der Waals surface area contributed by atoms with Crippen molar-refractivity contribution in [3.8, 4) is 6.07 Å². The number of hydrogen-bond donors (Lipinski definition) is 2. The van der Waals surface area contributed by atoms with Crippen molar-refractivity contribution in [3.63, 3.8) is 0 Å². The topological polar surface area (TPSA) is 90.9 Å². The van der Waals surface area contributed by atoms with Crippen molar-refractivity contribution in [1.82, 2.24) is 9.89 Å². The van der Waals surface area contributed by atoms with Crippen LogP contribution in [0.15, 0.2) is 4.60 Å². The summed E-state index contributed by atoms with van der Waals surface area (Å²) < 4.78 is 37.4. The quantitative estimate of drug-likeness (QED) is 0.850. The Morgan fingerprint density at radius 2 is 2.05 bits per heavy atom. The molecule has 2 N–H and O–H groups in total. The maximum Gasteiger partial charge on any atom is 0.436 e. The number of aromatic nitrogens is 2. The van der Waals surface area contributed by atoms with Crippen LogP contribution in [0.25, 0.3) is 0 Å². The van der Waals surface area contributed by atoms with E-state index in [2.05, 4.69) is 21.0 Å². The van der Waals surface area contributed by atoms with Crippen LogP contribution in [0.1, 0.15) is 25.1 Å². The molecule has 0 saturated heterocycles. The van der Waals surface area contributed by atoms with E-state index in [-0.39, 0.29) is 4.60 Å². The zero-order chi connectivity index (χ0) is 15.0. The van der Waals surface area contributed by atoms with Gasteiger partial charge in [-0.15, -0.1) is 5.10 Å². The molecule has 0 spiro atoms. The van der Waals surface area contributed by atoms with E-state index in [1.807, 2.05) is 5.43 Å². The molecule has 0 fully saturated rings. The molecule has 0 aliphatic rings. The Labute approximate surface area is 113 Å². The van der Waals surface area contributed by atoms with E-state index in [0.29, 0.717) is 4.79 Å². The van der Waals surface area contributed by atoms with E-state index in [9.17, 15) is 23.1 Å². The van der Waals surface area contributed by atoms with E-state index in [4.69, 9.17) is 5.26 Å². The third kappa shape index (κ3) is 3.24. The lowest BCUT2D eigenvalue weighted by Gasteiger charge is -2.16. The van der Waals surface area contributed by atoms with Crippen molar-refractivity contribution < 1.29 is 23.1 Å². The van der Waals surface area contributed by atoms with Crippen LogP contribution in [-0.4, -0.2) is 26.5 Å². The molecule has 6 nitrogen and oxygen atoms in total. The van der Waals surface area contributed by atoms with Gasteiger partial charge in [0.1, 0.15) is 21.8 Å². The third-order valence-electron chi connectivity index (χ3n) is 1.97. The van der Waals surface area contributed by atoms with Crippen molar-refractivity contribution >= 4 is 21.8 Å². The van der Waals surface area contributed by atoms with Gasteiger partial charge in [0, 0.05) is 0 Å². The van der Waals surface area contributed by atoms with Gasteiger partial charge in [-0.2, -0.15) is 23.2 Å². The van der Waals surface area contributed by atoms with Crippen LogP contribution in [0.3, 0.4) is 0 Å². The highest BCUT2D eigenvalue weighted by molar-refractivity contribution is 9.10. The molecule has 10 heteroatoms. The van der Waals surface area contributed by atoms with E-state index >= 15 is 0 Å². The summed E-state index contributed by atoms with van der Waals surface area (Å²) in [6.45, 7) is 2.30. The molecule has 19 heavy (non-hydrogen) atoms. The molecule has 1 heterocycles. The fourth-order valence-electron chi connectivity index (χ4n) is 1.00. The average Bonchev–Trinajstić information content (AvgIpc) is 2.54. The van der Waals surface area contributed by atoms with Gasteiger partial charge in [-0.1, -0.05) is 0 Å². The molecule has 0 saturated carbocycles. The molecule has 0 bridgehead atoms. The van der Waals surface area contributed by atoms with Crippen molar-refractivity contribution in [1.29, 1.82) is 5.26 Å². The minimum atomic E-state index is -4.84. The molecule has 0 unspecified atom stereocenters. The van der Waals surface area contributed by atoms with Gasteiger partial charge in [0.15, 0.2) is 5.69 Å². The summed E-state index contributed by atoms with van der Waals surface area (Å²) in [6, 6.07) is 1.34. The number of amides is 1. The minimum absolute atomic E-state index is 0.361. The van der Waals surface area contributed by atoms with E-state index in [0.717, 1.165) is 13.8 Å². The van der Waals surface area contributed by atoms with Gasteiger partial charge in [-0.05, 0) is 29.8 Å². The number of nitrogens with one attached hydrogen (secondary N) is 1. The third-order valence-corrected chi connectivity index (χ3v) is 2.70. The number of nitriles is 1. The van der Waals surface area contributed by atoms with Gasteiger partial charge in [0.25, 0.3) is 5.91 Å². The largest absolute Gasteiger partial charge is 0.436 e. The highest BCUT2D eigenvalue weighted by atomic mass is 79.9. The van der Waals surface area contributed by atoms with Crippen molar-refractivity contribution in [2.24, 2.45) is 0 Å². The first-order valence-electron chi connectivity index (χ1n) is 4.78. The fraction of sp³-hybridized carbons (Fsp3) is 0.444. The number of rotatable bonds is 2. The number of aliphatic hydroxyl groups is 1. The Kier molecular flexibility index (Phi) is 3.92. The molecule has 1 aromatic rings. The van der Waals surface area contributed by atoms with Crippen molar-refractivity contribution in [3.05, 3.63) is 15.9 Å². The smallest absolute Gasteiger partial charge is 0.381 e. The van der Waals surface area contributed by atoms with Gasteiger partial charge >= 0.3 is 6.18 Å². The van der Waals surface area contributed by atoms with Crippen molar-refractivity contribution in [2.45, 2.75) is 25.6 Å². The Morgan fingerprint density at radius 3 is 2.37 bits per heavy atom. The average molecular weight is 341 g/mol.